The molecule has 0 radical (unpaired) electrons. The van der Waals surface area contributed by atoms with E-state index in [-0.39, 0.29) is 12.4 Å². The van der Waals surface area contributed by atoms with Gasteiger partial charge in [0.2, 0.25) is 6.33 Å². The lowest BCUT2D eigenvalue weighted by atomic mass is 10.2. The molecule has 0 atom stereocenters. The van der Waals surface area contributed by atoms with Crippen LogP contribution in [0.5, 0.6) is 0 Å². The monoisotopic (exact) mass is 267 g/mol. The Hall–Kier alpha value is -1.68. The van der Waals surface area contributed by atoms with Gasteiger partial charge in [-0.3, -0.25) is 0 Å². The molecule has 2 rings (SSSR count). The lowest BCUT2D eigenvalue weighted by molar-refractivity contribution is -0.695. The standard InChI is InChI=1S/C11H11FN2O.2C2H6/c12-10-3-1-2-9(4-10)6-14-8-13-5-11(14)7-15;2*1-2/h1-5,8,15H,6-7H2;2*1-2H3/p+1. The van der Waals surface area contributed by atoms with Gasteiger partial charge in [-0.1, -0.05) is 39.8 Å². The second-order valence-corrected chi connectivity index (χ2v) is 3.35. The van der Waals surface area contributed by atoms with Gasteiger partial charge < -0.3 is 5.11 Å². The predicted molar refractivity (Wildman–Crippen MR) is 75.1 cm³/mol. The molecule has 1 heterocycles. The number of aliphatic hydroxyl groups excluding tert-OH is 1. The van der Waals surface area contributed by atoms with Crippen LogP contribution in [-0.2, 0) is 13.2 Å². The van der Waals surface area contributed by atoms with Gasteiger partial charge in [-0.2, -0.15) is 0 Å². The third-order valence-electron chi connectivity index (χ3n) is 2.25. The SMILES string of the molecule is CC.CC.OCc1c[nH]c[n+]1Cc1cccc(F)c1. The van der Waals surface area contributed by atoms with Gasteiger partial charge in [-0.05, 0) is 17.7 Å². The minimum atomic E-state index is -0.241. The number of rotatable bonds is 3. The van der Waals surface area contributed by atoms with Gasteiger partial charge in [0, 0.05) is 0 Å². The summed E-state index contributed by atoms with van der Waals surface area (Å²) in [7, 11) is 0. The zero-order valence-corrected chi connectivity index (χ0v) is 12.2. The highest BCUT2D eigenvalue weighted by Crippen LogP contribution is 2.03. The van der Waals surface area contributed by atoms with Crippen molar-refractivity contribution in [2.24, 2.45) is 0 Å². The van der Waals surface area contributed by atoms with E-state index in [1.807, 2.05) is 38.3 Å². The summed E-state index contributed by atoms with van der Waals surface area (Å²) in [4.78, 5) is 2.89. The first-order valence-corrected chi connectivity index (χ1v) is 6.70. The largest absolute Gasteiger partial charge is 0.388 e. The molecule has 2 N–H and O–H groups in total. The van der Waals surface area contributed by atoms with E-state index in [0.717, 1.165) is 11.3 Å². The van der Waals surface area contributed by atoms with Gasteiger partial charge in [0.1, 0.15) is 25.2 Å². The normalized spacial score (nSPS) is 8.95. The van der Waals surface area contributed by atoms with Crippen LogP contribution in [0.4, 0.5) is 4.39 Å². The van der Waals surface area contributed by atoms with Crippen molar-refractivity contribution < 1.29 is 14.1 Å². The molecule has 2 aromatic rings. The van der Waals surface area contributed by atoms with Gasteiger partial charge >= 0.3 is 0 Å². The molecule has 0 saturated carbocycles. The summed E-state index contributed by atoms with van der Waals surface area (Å²) >= 11 is 0. The van der Waals surface area contributed by atoms with Gasteiger partial charge in [-0.25, -0.2) is 13.9 Å². The quantitative estimate of drug-likeness (QED) is 0.824. The summed E-state index contributed by atoms with van der Waals surface area (Å²) in [5, 5.41) is 9.03. The molecule has 19 heavy (non-hydrogen) atoms. The van der Waals surface area contributed by atoms with Crippen molar-refractivity contribution in [1.29, 1.82) is 0 Å². The van der Waals surface area contributed by atoms with Crippen molar-refractivity contribution in [2.75, 3.05) is 0 Å². The third kappa shape index (κ3) is 5.66. The number of aromatic amines is 1. The maximum absolute atomic E-state index is 12.9. The van der Waals surface area contributed by atoms with E-state index in [4.69, 9.17) is 5.11 Å². The van der Waals surface area contributed by atoms with E-state index in [0.29, 0.717) is 6.54 Å². The van der Waals surface area contributed by atoms with Gasteiger partial charge in [0.15, 0.2) is 5.69 Å². The molecule has 1 aromatic carbocycles. The molecular weight excluding hydrogens is 243 g/mol. The van der Waals surface area contributed by atoms with Crippen LogP contribution in [0.1, 0.15) is 39.0 Å². The van der Waals surface area contributed by atoms with Crippen molar-refractivity contribution >= 4 is 0 Å². The summed E-state index contributed by atoms with van der Waals surface area (Å²) < 4.78 is 14.8. The van der Waals surface area contributed by atoms with Crippen molar-refractivity contribution in [1.82, 2.24) is 4.98 Å². The first kappa shape index (κ1) is 17.3. The van der Waals surface area contributed by atoms with E-state index in [1.165, 1.54) is 12.1 Å². The Morgan fingerprint density at radius 2 is 1.89 bits per heavy atom. The van der Waals surface area contributed by atoms with E-state index >= 15 is 0 Å². The Labute approximate surface area is 114 Å². The fourth-order valence-electron chi connectivity index (χ4n) is 1.50. The van der Waals surface area contributed by atoms with Crippen LogP contribution in [-0.4, -0.2) is 10.1 Å². The van der Waals surface area contributed by atoms with Crippen LogP contribution in [0.15, 0.2) is 36.8 Å². The Kier molecular flexibility index (Phi) is 9.35. The molecule has 0 spiro atoms. The number of hydrogen-bond acceptors (Lipinski definition) is 1. The highest BCUT2D eigenvalue weighted by atomic mass is 19.1. The smallest absolute Gasteiger partial charge is 0.242 e. The molecule has 0 aliphatic rings. The first-order chi connectivity index (χ1) is 9.29. The lowest BCUT2D eigenvalue weighted by Crippen LogP contribution is -2.36. The molecule has 4 heteroatoms. The third-order valence-corrected chi connectivity index (χ3v) is 2.25. The van der Waals surface area contributed by atoms with Crippen molar-refractivity contribution in [3.05, 3.63) is 53.9 Å². The minimum Gasteiger partial charge on any atom is -0.388 e. The lowest BCUT2D eigenvalue weighted by Gasteiger charge is -2.00. The summed E-state index contributed by atoms with van der Waals surface area (Å²) in [5.74, 6) is -0.241. The van der Waals surface area contributed by atoms with Crippen LogP contribution in [0.2, 0.25) is 0 Å². The van der Waals surface area contributed by atoms with E-state index < -0.39 is 0 Å². The second kappa shape index (κ2) is 10.3. The maximum Gasteiger partial charge on any atom is 0.242 e. The highest BCUT2D eigenvalue weighted by Gasteiger charge is 2.08. The number of H-pyrrole nitrogens is 1. The van der Waals surface area contributed by atoms with Gasteiger partial charge in [-0.15, -0.1) is 0 Å². The average Bonchev–Trinajstić information content (AvgIpc) is 2.90. The fourth-order valence-corrected chi connectivity index (χ4v) is 1.50. The molecule has 3 nitrogen and oxygen atoms in total. The Morgan fingerprint density at radius 1 is 1.21 bits per heavy atom. The summed E-state index contributed by atoms with van der Waals surface area (Å²) in [6.07, 6.45) is 3.47. The first-order valence-electron chi connectivity index (χ1n) is 6.70. The number of nitrogens with zero attached hydrogens (tertiary/aromatic N) is 1. The number of benzene rings is 1. The number of nitrogens with one attached hydrogen (secondary N) is 1. The minimum absolute atomic E-state index is 0.0290. The summed E-state index contributed by atoms with van der Waals surface area (Å²) in [6.45, 7) is 8.52. The number of aromatic nitrogens is 2. The maximum atomic E-state index is 12.9. The van der Waals surface area contributed by atoms with Crippen LogP contribution in [0, 0.1) is 5.82 Å². The zero-order chi connectivity index (χ0) is 14.7. The number of imidazole rings is 1. The van der Waals surface area contributed by atoms with E-state index in [1.54, 1.807) is 18.6 Å². The topological polar surface area (TPSA) is 39.9 Å². The van der Waals surface area contributed by atoms with Crippen LogP contribution < -0.4 is 4.57 Å². The molecule has 0 amide bonds. The molecular formula is C15H24FN2O+. The van der Waals surface area contributed by atoms with Crippen LogP contribution >= 0.6 is 0 Å². The van der Waals surface area contributed by atoms with Gasteiger partial charge in [0.05, 0.1) is 0 Å². The molecule has 0 unspecified atom stereocenters. The molecule has 0 aliphatic carbocycles. The number of halogens is 1. The van der Waals surface area contributed by atoms with Crippen LogP contribution in [0.25, 0.3) is 0 Å². The molecule has 0 fully saturated rings. The van der Waals surface area contributed by atoms with E-state index in [2.05, 4.69) is 4.98 Å². The van der Waals surface area contributed by atoms with Crippen molar-refractivity contribution in [3.63, 3.8) is 0 Å². The molecule has 0 saturated heterocycles. The predicted octanol–water partition coefficient (Wildman–Crippen LogP) is 3.03. The van der Waals surface area contributed by atoms with Gasteiger partial charge in [0.25, 0.3) is 0 Å². The molecule has 106 valence electrons. The average molecular weight is 267 g/mol. The Balaban J connectivity index is 0.000000741. The van der Waals surface area contributed by atoms with Crippen LogP contribution in [0.3, 0.4) is 0 Å². The highest BCUT2D eigenvalue weighted by molar-refractivity contribution is 5.15. The second-order valence-electron chi connectivity index (χ2n) is 3.35. The van der Waals surface area contributed by atoms with Crippen molar-refractivity contribution in [2.45, 2.75) is 40.8 Å². The molecule has 0 aliphatic heterocycles. The number of aliphatic hydroxyl groups is 1. The number of hydrogen-bond donors (Lipinski definition) is 2. The summed E-state index contributed by atoms with van der Waals surface area (Å²) in [6, 6.07) is 6.43. The molecule has 1 aromatic heterocycles. The van der Waals surface area contributed by atoms with Crippen molar-refractivity contribution in [3.8, 4) is 0 Å². The Morgan fingerprint density at radius 3 is 2.47 bits per heavy atom. The molecule has 0 bridgehead atoms. The summed E-state index contributed by atoms with van der Waals surface area (Å²) in [5.41, 5.74) is 1.65. The fraction of sp³-hybridized carbons (Fsp3) is 0.400. The van der Waals surface area contributed by atoms with E-state index in [9.17, 15) is 4.39 Å². The zero-order valence-electron chi connectivity index (χ0n) is 12.2. The Bertz CT molecular complexity index is 455.